The Labute approximate surface area is 99.4 Å². The molecular weight excluding hydrogens is 220 g/mol. The third-order valence-corrected chi connectivity index (χ3v) is 2.50. The van der Waals surface area contributed by atoms with E-state index < -0.39 is 0 Å². The van der Waals surface area contributed by atoms with Crippen molar-refractivity contribution in [3.63, 3.8) is 0 Å². The van der Waals surface area contributed by atoms with Crippen molar-refractivity contribution in [1.82, 2.24) is 5.32 Å². The lowest BCUT2D eigenvalue weighted by Crippen LogP contribution is -2.46. The van der Waals surface area contributed by atoms with Crippen LogP contribution in [0.2, 0.25) is 0 Å². The molecule has 1 aromatic carbocycles. The smallest absolute Gasteiger partial charge is 0.259 e. The van der Waals surface area contributed by atoms with Gasteiger partial charge in [-0.25, -0.2) is 4.90 Å². The fourth-order valence-electron chi connectivity index (χ4n) is 1.79. The van der Waals surface area contributed by atoms with E-state index in [9.17, 15) is 9.59 Å². The second-order valence-electron chi connectivity index (χ2n) is 3.82. The third kappa shape index (κ3) is 2.51. The Morgan fingerprint density at radius 3 is 2.65 bits per heavy atom. The average molecular weight is 234 g/mol. The normalized spacial score (nSPS) is 16.4. The van der Waals surface area contributed by atoms with Crippen LogP contribution in [0, 0.1) is 0 Å². The molecule has 0 aliphatic carbocycles. The molecule has 1 aliphatic heterocycles. The summed E-state index contributed by atoms with van der Waals surface area (Å²) in [6.07, 6.45) is 0. The summed E-state index contributed by atoms with van der Waals surface area (Å²) in [4.78, 5) is 24.5. The van der Waals surface area contributed by atoms with Gasteiger partial charge in [-0.2, -0.15) is 0 Å². The maximum Gasteiger partial charge on any atom is 0.259 e. The Bertz CT molecular complexity index is 429. The van der Waals surface area contributed by atoms with Gasteiger partial charge in [0, 0.05) is 6.54 Å². The summed E-state index contributed by atoms with van der Waals surface area (Å²) in [5.74, 6) is -0.634. The molecule has 1 fully saturated rings. The fourth-order valence-corrected chi connectivity index (χ4v) is 1.79. The summed E-state index contributed by atoms with van der Waals surface area (Å²) in [7, 11) is 1.84. The first-order valence-corrected chi connectivity index (χ1v) is 5.39. The van der Waals surface area contributed by atoms with Crippen molar-refractivity contribution in [2.75, 3.05) is 25.2 Å². The number of benzene rings is 1. The molecule has 0 unspecified atom stereocenters. The van der Waals surface area contributed by atoms with Crippen molar-refractivity contribution in [2.45, 2.75) is 6.54 Å². The number of hydrogen-bond acceptors (Lipinski definition) is 4. The van der Waals surface area contributed by atoms with Crippen LogP contribution in [-0.4, -0.2) is 32.1 Å². The van der Waals surface area contributed by atoms with Crippen LogP contribution in [0.3, 0.4) is 0 Å². The number of nitrogens with zero attached hydrogens (tertiary/aromatic N) is 1. The van der Waals surface area contributed by atoms with Crippen LogP contribution in [0.25, 0.3) is 0 Å². The van der Waals surface area contributed by atoms with Gasteiger partial charge in [-0.05, 0) is 24.7 Å². The molecule has 1 aromatic rings. The highest BCUT2D eigenvalue weighted by atomic mass is 16.5. The molecule has 0 spiro atoms. The zero-order chi connectivity index (χ0) is 12.3. The molecule has 0 saturated carbocycles. The van der Waals surface area contributed by atoms with E-state index in [0.29, 0.717) is 12.2 Å². The van der Waals surface area contributed by atoms with Crippen molar-refractivity contribution < 1.29 is 14.3 Å². The van der Waals surface area contributed by atoms with Gasteiger partial charge < -0.3 is 10.1 Å². The van der Waals surface area contributed by atoms with Crippen molar-refractivity contribution in [3.05, 3.63) is 29.8 Å². The first-order chi connectivity index (χ1) is 8.22. The van der Waals surface area contributed by atoms with Crippen LogP contribution >= 0.6 is 0 Å². The first kappa shape index (κ1) is 11.8. The molecule has 1 N–H and O–H groups in total. The SMILES string of the molecule is CNCc1cccc(N2C(=O)COCC2=O)c1. The summed E-state index contributed by atoms with van der Waals surface area (Å²) < 4.78 is 4.87. The molecular formula is C12H14N2O3. The van der Waals surface area contributed by atoms with E-state index in [4.69, 9.17) is 4.74 Å². The number of carbonyl (C=O) groups is 2. The summed E-state index contributed by atoms with van der Waals surface area (Å²) in [5.41, 5.74) is 1.63. The number of imide groups is 1. The molecule has 5 nitrogen and oxygen atoms in total. The van der Waals surface area contributed by atoms with E-state index in [1.807, 2.05) is 25.2 Å². The van der Waals surface area contributed by atoms with Gasteiger partial charge in [-0.3, -0.25) is 9.59 Å². The predicted octanol–water partition coefficient (Wildman–Crippen LogP) is 0.296. The molecule has 17 heavy (non-hydrogen) atoms. The van der Waals surface area contributed by atoms with E-state index >= 15 is 0 Å². The van der Waals surface area contributed by atoms with E-state index in [1.54, 1.807) is 6.07 Å². The lowest BCUT2D eigenvalue weighted by atomic mass is 10.1. The van der Waals surface area contributed by atoms with Crippen LogP contribution in [-0.2, 0) is 20.9 Å². The van der Waals surface area contributed by atoms with Crippen LogP contribution in [0.4, 0.5) is 5.69 Å². The standard InChI is InChI=1S/C12H14N2O3/c1-13-6-9-3-2-4-10(5-9)14-11(15)7-17-8-12(14)16/h2-5,13H,6-8H2,1H3. The Balaban J connectivity index is 2.28. The Kier molecular flexibility index (Phi) is 3.51. The average Bonchev–Trinajstić information content (AvgIpc) is 2.30. The van der Waals surface area contributed by atoms with Gasteiger partial charge in [-0.15, -0.1) is 0 Å². The van der Waals surface area contributed by atoms with Crippen molar-refractivity contribution in [3.8, 4) is 0 Å². The first-order valence-electron chi connectivity index (χ1n) is 5.39. The Morgan fingerprint density at radius 1 is 1.29 bits per heavy atom. The molecule has 1 heterocycles. The number of ether oxygens (including phenoxy) is 1. The molecule has 0 atom stereocenters. The van der Waals surface area contributed by atoms with Gasteiger partial charge in [0.25, 0.3) is 11.8 Å². The zero-order valence-electron chi connectivity index (χ0n) is 9.60. The maximum absolute atomic E-state index is 11.6. The lowest BCUT2D eigenvalue weighted by molar-refractivity contribution is -0.138. The molecule has 0 radical (unpaired) electrons. The molecule has 5 heteroatoms. The van der Waals surface area contributed by atoms with Crippen molar-refractivity contribution >= 4 is 17.5 Å². The van der Waals surface area contributed by atoms with Gasteiger partial charge in [0.15, 0.2) is 0 Å². The number of carbonyl (C=O) groups excluding carboxylic acids is 2. The van der Waals surface area contributed by atoms with Gasteiger partial charge in [0.1, 0.15) is 13.2 Å². The monoisotopic (exact) mass is 234 g/mol. The van der Waals surface area contributed by atoms with Gasteiger partial charge in [-0.1, -0.05) is 12.1 Å². The van der Waals surface area contributed by atoms with Crippen LogP contribution in [0.5, 0.6) is 0 Å². The number of anilines is 1. The van der Waals surface area contributed by atoms with Crippen LogP contribution < -0.4 is 10.2 Å². The second-order valence-corrected chi connectivity index (χ2v) is 3.82. The highest BCUT2D eigenvalue weighted by Crippen LogP contribution is 2.18. The van der Waals surface area contributed by atoms with E-state index in [2.05, 4.69) is 5.32 Å². The number of rotatable bonds is 3. The van der Waals surface area contributed by atoms with Crippen molar-refractivity contribution in [2.24, 2.45) is 0 Å². The minimum atomic E-state index is -0.317. The highest BCUT2D eigenvalue weighted by Gasteiger charge is 2.27. The van der Waals surface area contributed by atoms with Crippen LogP contribution in [0.15, 0.2) is 24.3 Å². The van der Waals surface area contributed by atoms with Crippen molar-refractivity contribution in [1.29, 1.82) is 0 Å². The van der Waals surface area contributed by atoms with E-state index in [-0.39, 0.29) is 25.0 Å². The zero-order valence-corrected chi connectivity index (χ0v) is 9.60. The molecule has 1 saturated heterocycles. The van der Waals surface area contributed by atoms with E-state index in [1.165, 1.54) is 4.90 Å². The van der Waals surface area contributed by atoms with E-state index in [0.717, 1.165) is 5.56 Å². The van der Waals surface area contributed by atoms with Gasteiger partial charge >= 0.3 is 0 Å². The molecule has 0 bridgehead atoms. The number of hydrogen-bond donors (Lipinski definition) is 1. The summed E-state index contributed by atoms with van der Waals surface area (Å²) >= 11 is 0. The summed E-state index contributed by atoms with van der Waals surface area (Å²) in [5, 5.41) is 3.02. The number of amides is 2. The third-order valence-electron chi connectivity index (χ3n) is 2.50. The molecule has 2 amide bonds. The molecule has 2 rings (SSSR count). The van der Waals surface area contributed by atoms with Gasteiger partial charge in [0.05, 0.1) is 5.69 Å². The Hall–Kier alpha value is -1.72. The highest BCUT2D eigenvalue weighted by molar-refractivity contribution is 6.17. The number of morpholine rings is 1. The predicted molar refractivity (Wildman–Crippen MR) is 62.5 cm³/mol. The van der Waals surface area contributed by atoms with Crippen LogP contribution in [0.1, 0.15) is 5.56 Å². The quantitative estimate of drug-likeness (QED) is 0.764. The topological polar surface area (TPSA) is 58.6 Å². The van der Waals surface area contributed by atoms with Gasteiger partial charge in [0.2, 0.25) is 0 Å². The minimum Gasteiger partial charge on any atom is -0.362 e. The minimum absolute atomic E-state index is 0.0397. The Morgan fingerprint density at radius 2 is 2.00 bits per heavy atom. The lowest BCUT2D eigenvalue weighted by Gasteiger charge is -2.25. The fraction of sp³-hybridized carbons (Fsp3) is 0.333. The second kappa shape index (κ2) is 5.07. The number of nitrogens with one attached hydrogen (secondary N) is 1. The molecule has 1 aliphatic rings. The largest absolute Gasteiger partial charge is 0.362 e. The molecule has 90 valence electrons. The summed E-state index contributed by atoms with van der Waals surface area (Å²) in [6, 6.07) is 7.35. The molecule has 0 aromatic heterocycles. The maximum atomic E-state index is 11.6. The summed E-state index contributed by atoms with van der Waals surface area (Å²) in [6.45, 7) is 0.616.